The molecule has 2 aromatic rings. The molecule has 1 aromatic carbocycles. The summed E-state index contributed by atoms with van der Waals surface area (Å²) in [6.45, 7) is 7.09. The molecule has 0 aliphatic heterocycles. The van der Waals surface area contributed by atoms with Gasteiger partial charge in [0.1, 0.15) is 11.4 Å². The van der Waals surface area contributed by atoms with E-state index in [4.69, 9.17) is 16.3 Å². The lowest BCUT2D eigenvalue weighted by molar-refractivity contribution is 0.0511. The third kappa shape index (κ3) is 3.61. The highest BCUT2D eigenvalue weighted by Crippen LogP contribution is 2.25. The molecule has 0 saturated carbocycles. The van der Waals surface area contributed by atoms with Gasteiger partial charge in [0.15, 0.2) is 0 Å². The predicted molar refractivity (Wildman–Crippen MR) is 79.0 cm³/mol. The molecular formula is C15H16ClFN2O2. The minimum atomic E-state index is -0.602. The van der Waals surface area contributed by atoms with Crippen molar-refractivity contribution in [3.63, 3.8) is 0 Å². The van der Waals surface area contributed by atoms with Gasteiger partial charge in [-0.3, -0.25) is 0 Å². The van der Waals surface area contributed by atoms with E-state index in [-0.39, 0.29) is 5.02 Å². The van der Waals surface area contributed by atoms with Crippen LogP contribution < -0.4 is 0 Å². The Hall–Kier alpha value is -1.88. The quantitative estimate of drug-likeness (QED) is 0.782. The van der Waals surface area contributed by atoms with Crippen LogP contribution >= 0.6 is 11.6 Å². The fourth-order valence-electron chi connectivity index (χ4n) is 1.76. The average Bonchev–Trinajstić information content (AvgIpc) is 2.73. The first kappa shape index (κ1) is 15.5. The van der Waals surface area contributed by atoms with Crippen molar-refractivity contribution in [2.75, 3.05) is 0 Å². The van der Waals surface area contributed by atoms with Crippen molar-refractivity contribution in [1.82, 2.24) is 9.78 Å². The van der Waals surface area contributed by atoms with Gasteiger partial charge in [0.2, 0.25) is 0 Å². The van der Waals surface area contributed by atoms with Crippen LogP contribution in [0, 0.1) is 12.7 Å². The maximum atomic E-state index is 13.2. The summed E-state index contributed by atoms with van der Waals surface area (Å²) >= 11 is 5.76. The topological polar surface area (TPSA) is 44.1 Å². The summed E-state index contributed by atoms with van der Waals surface area (Å²) in [5.41, 5.74) is 1.18. The van der Waals surface area contributed by atoms with Gasteiger partial charge in [-0.05, 0) is 52.0 Å². The standard InChI is InChI=1S/C15H16ClFN2O2/c1-9-7-13(10-5-6-12(17)11(16)8-10)18-19(9)14(20)21-15(2,3)4/h5-8H,1-4H3. The summed E-state index contributed by atoms with van der Waals surface area (Å²) in [7, 11) is 0. The lowest BCUT2D eigenvalue weighted by Gasteiger charge is -2.19. The number of carbonyl (C=O) groups is 1. The second kappa shape index (κ2) is 5.48. The summed E-state index contributed by atoms with van der Waals surface area (Å²) in [5, 5.41) is 4.21. The van der Waals surface area contributed by atoms with Gasteiger partial charge in [0, 0.05) is 11.3 Å². The van der Waals surface area contributed by atoms with Gasteiger partial charge in [-0.15, -0.1) is 0 Å². The van der Waals surface area contributed by atoms with Crippen molar-refractivity contribution in [1.29, 1.82) is 0 Å². The molecule has 112 valence electrons. The van der Waals surface area contributed by atoms with Gasteiger partial charge in [0.25, 0.3) is 0 Å². The second-order valence-corrected chi connectivity index (χ2v) is 6.10. The highest BCUT2D eigenvalue weighted by molar-refractivity contribution is 6.31. The van der Waals surface area contributed by atoms with Crippen LogP contribution in [0.3, 0.4) is 0 Å². The third-order valence-corrected chi connectivity index (χ3v) is 2.96. The van der Waals surface area contributed by atoms with E-state index in [1.54, 1.807) is 39.8 Å². The van der Waals surface area contributed by atoms with Crippen LogP contribution in [0.25, 0.3) is 11.3 Å². The number of carbonyl (C=O) groups excluding carboxylic acids is 1. The Balaban J connectivity index is 2.34. The third-order valence-electron chi connectivity index (χ3n) is 2.67. The molecule has 0 unspecified atom stereocenters. The number of ether oxygens (including phenoxy) is 1. The smallest absolute Gasteiger partial charge is 0.435 e. The number of benzene rings is 1. The average molecular weight is 311 g/mol. The molecule has 6 heteroatoms. The van der Waals surface area contributed by atoms with Gasteiger partial charge < -0.3 is 4.74 Å². The predicted octanol–water partition coefficient (Wildman–Crippen LogP) is 4.43. The van der Waals surface area contributed by atoms with Crippen LogP contribution in [0.4, 0.5) is 9.18 Å². The summed E-state index contributed by atoms with van der Waals surface area (Å²) in [6.07, 6.45) is -0.556. The Bertz CT molecular complexity index is 689. The van der Waals surface area contributed by atoms with E-state index in [0.29, 0.717) is 17.0 Å². The summed E-state index contributed by atoms with van der Waals surface area (Å²) in [5.74, 6) is -0.497. The molecule has 1 aromatic heterocycles. The van der Waals surface area contributed by atoms with Crippen LogP contribution in [0.5, 0.6) is 0 Å². The largest absolute Gasteiger partial charge is 0.442 e. The van der Waals surface area contributed by atoms with Crippen molar-refractivity contribution in [3.05, 3.63) is 40.8 Å². The molecule has 0 aliphatic rings. The highest BCUT2D eigenvalue weighted by atomic mass is 35.5. The van der Waals surface area contributed by atoms with E-state index in [2.05, 4.69) is 5.10 Å². The van der Waals surface area contributed by atoms with E-state index in [1.165, 1.54) is 16.8 Å². The zero-order valence-corrected chi connectivity index (χ0v) is 13.0. The minimum absolute atomic E-state index is 0.0111. The number of aromatic nitrogens is 2. The summed E-state index contributed by atoms with van der Waals surface area (Å²) < 4.78 is 19.6. The molecule has 0 fully saturated rings. The molecular weight excluding hydrogens is 295 g/mol. The SMILES string of the molecule is Cc1cc(-c2ccc(F)c(Cl)c2)nn1C(=O)OC(C)(C)C. The fourth-order valence-corrected chi connectivity index (χ4v) is 1.94. The van der Waals surface area contributed by atoms with E-state index >= 15 is 0 Å². The first-order chi connectivity index (χ1) is 9.67. The van der Waals surface area contributed by atoms with Crippen molar-refractivity contribution in [3.8, 4) is 11.3 Å². The molecule has 4 nitrogen and oxygen atoms in total. The number of hydrogen-bond acceptors (Lipinski definition) is 3. The van der Waals surface area contributed by atoms with Crippen LogP contribution in [0.1, 0.15) is 26.5 Å². The molecule has 21 heavy (non-hydrogen) atoms. The van der Waals surface area contributed by atoms with Gasteiger partial charge >= 0.3 is 6.09 Å². The number of nitrogens with zero attached hydrogens (tertiary/aromatic N) is 2. The molecule has 0 radical (unpaired) electrons. The molecule has 0 atom stereocenters. The molecule has 0 saturated heterocycles. The maximum Gasteiger partial charge on any atom is 0.435 e. The Kier molecular flexibility index (Phi) is 4.05. The second-order valence-electron chi connectivity index (χ2n) is 5.69. The lowest BCUT2D eigenvalue weighted by atomic mass is 10.1. The first-order valence-electron chi connectivity index (χ1n) is 6.43. The molecule has 0 bridgehead atoms. The number of hydrogen-bond donors (Lipinski definition) is 0. The van der Waals surface area contributed by atoms with E-state index in [1.807, 2.05) is 0 Å². The van der Waals surface area contributed by atoms with Gasteiger partial charge in [-0.1, -0.05) is 11.6 Å². The van der Waals surface area contributed by atoms with Crippen LogP contribution in [-0.4, -0.2) is 21.5 Å². The van der Waals surface area contributed by atoms with Crippen molar-refractivity contribution >= 4 is 17.7 Å². The molecule has 0 amide bonds. The fraction of sp³-hybridized carbons (Fsp3) is 0.333. The van der Waals surface area contributed by atoms with Crippen molar-refractivity contribution in [2.45, 2.75) is 33.3 Å². The van der Waals surface area contributed by atoms with Crippen LogP contribution in [0.15, 0.2) is 24.3 Å². The molecule has 0 aliphatic carbocycles. The maximum absolute atomic E-state index is 13.2. The number of rotatable bonds is 1. The molecule has 1 heterocycles. The summed E-state index contributed by atoms with van der Waals surface area (Å²) in [4.78, 5) is 12.0. The number of aryl methyl sites for hydroxylation is 1. The van der Waals surface area contributed by atoms with E-state index in [0.717, 1.165) is 0 Å². The van der Waals surface area contributed by atoms with Gasteiger partial charge in [0.05, 0.1) is 10.7 Å². The molecule has 0 spiro atoms. The monoisotopic (exact) mass is 310 g/mol. The zero-order chi connectivity index (χ0) is 15.8. The Morgan fingerprint density at radius 3 is 2.57 bits per heavy atom. The van der Waals surface area contributed by atoms with Gasteiger partial charge in [-0.2, -0.15) is 9.78 Å². The zero-order valence-electron chi connectivity index (χ0n) is 12.3. The highest BCUT2D eigenvalue weighted by Gasteiger charge is 2.20. The lowest BCUT2D eigenvalue weighted by Crippen LogP contribution is -2.28. The van der Waals surface area contributed by atoms with E-state index < -0.39 is 17.5 Å². The minimum Gasteiger partial charge on any atom is -0.442 e. The van der Waals surface area contributed by atoms with Crippen LogP contribution in [0.2, 0.25) is 5.02 Å². The van der Waals surface area contributed by atoms with Crippen molar-refractivity contribution in [2.24, 2.45) is 0 Å². The van der Waals surface area contributed by atoms with Crippen LogP contribution in [-0.2, 0) is 4.74 Å². The molecule has 0 N–H and O–H groups in total. The van der Waals surface area contributed by atoms with Gasteiger partial charge in [-0.25, -0.2) is 9.18 Å². The summed E-state index contributed by atoms with van der Waals surface area (Å²) in [6, 6.07) is 6.01. The Morgan fingerprint density at radius 2 is 2.00 bits per heavy atom. The molecule has 2 rings (SSSR count). The van der Waals surface area contributed by atoms with Crippen molar-refractivity contribution < 1.29 is 13.9 Å². The first-order valence-corrected chi connectivity index (χ1v) is 6.80. The number of halogens is 2. The Labute approximate surface area is 127 Å². The van der Waals surface area contributed by atoms with E-state index in [9.17, 15) is 9.18 Å². The Morgan fingerprint density at radius 1 is 1.33 bits per heavy atom. The normalized spacial score (nSPS) is 11.5.